The van der Waals surface area contributed by atoms with Crippen LogP contribution in [0, 0.1) is 6.92 Å². The number of carbonyl (C=O) groups is 1. The second-order valence-electron chi connectivity index (χ2n) is 4.01. The van der Waals surface area contributed by atoms with Gasteiger partial charge in [0.15, 0.2) is 0 Å². The van der Waals surface area contributed by atoms with Crippen LogP contribution in [0.3, 0.4) is 0 Å². The van der Waals surface area contributed by atoms with E-state index in [4.69, 9.17) is 4.74 Å². The normalized spacial score (nSPS) is 20.4. The molecule has 1 amide bonds. The van der Waals surface area contributed by atoms with Gasteiger partial charge in [-0.3, -0.25) is 14.8 Å². The molecule has 5 heteroatoms. The van der Waals surface area contributed by atoms with Gasteiger partial charge in [-0.1, -0.05) is 6.08 Å². The predicted octanol–water partition coefficient (Wildman–Crippen LogP) is 0.698. The van der Waals surface area contributed by atoms with Crippen molar-refractivity contribution in [3.63, 3.8) is 0 Å². The van der Waals surface area contributed by atoms with Gasteiger partial charge in [0.05, 0.1) is 36.8 Å². The molecule has 0 N–H and O–H groups in total. The second kappa shape index (κ2) is 5.05. The zero-order valence-electron chi connectivity index (χ0n) is 9.80. The van der Waals surface area contributed by atoms with Crippen LogP contribution in [0.15, 0.2) is 25.0 Å². The maximum atomic E-state index is 11.6. The van der Waals surface area contributed by atoms with Crippen molar-refractivity contribution in [2.45, 2.75) is 19.6 Å². The molecule has 2 rings (SSSR count). The highest BCUT2D eigenvalue weighted by molar-refractivity contribution is 5.78. The van der Waals surface area contributed by atoms with Crippen LogP contribution in [0.5, 0.6) is 0 Å². The lowest BCUT2D eigenvalue weighted by Crippen LogP contribution is -2.45. The van der Waals surface area contributed by atoms with Gasteiger partial charge in [-0.15, -0.1) is 6.58 Å². The summed E-state index contributed by atoms with van der Waals surface area (Å²) in [6.45, 7) is 6.66. The molecule has 1 aliphatic heterocycles. The zero-order chi connectivity index (χ0) is 12.3. The monoisotopic (exact) mass is 233 g/mol. The highest BCUT2D eigenvalue weighted by Gasteiger charge is 2.24. The minimum Gasteiger partial charge on any atom is -0.362 e. The third-order valence-electron chi connectivity index (χ3n) is 2.62. The maximum Gasteiger partial charge on any atom is 0.249 e. The van der Waals surface area contributed by atoms with Crippen LogP contribution in [0.2, 0.25) is 0 Å². The zero-order valence-corrected chi connectivity index (χ0v) is 9.80. The van der Waals surface area contributed by atoms with Gasteiger partial charge < -0.3 is 9.64 Å². The number of aryl methyl sites for hydroxylation is 1. The summed E-state index contributed by atoms with van der Waals surface area (Å²) in [6, 6.07) is 0. The third-order valence-corrected chi connectivity index (χ3v) is 2.62. The van der Waals surface area contributed by atoms with Gasteiger partial charge in [0.1, 0.15) is 6.61 Å². The molecule has 17 heavy (non-hydrogen) atoms. The van der Waals surface area contributed by atoms with Crippen LogP contribution in [-0.2, 0) is 16.1 Å². The topological polar surface area (TPSA) is 55.3 Å². The van der Waals surface area contributed by atoms with Crippen molar-refractivity contribution in [1.82, 2.24) is 14.9 Å². The highest BCUT2D eigenvalue weighted by atomic mass is 16.5. The fraction of sp³-hybridized carbons (Fsp3) is 0.417. The average Bonchev–Trinajstić information content (AvgIpc) is 2.35. The van der Waals surface area contributed by atoms with E-state index in [1.165, 1.54) is 0 Å². The van der Waals surface area contributed by atoms with Crippen molar-refractivity contribution in [2.75, 3.05) is 13.2 Å². The van der Waals surface area contributed by atoms with Crippen LogP contribution in [-0.4, -0.2) is 40.0 Å². The molecule has 1 atom stereocenters. The van der Waals surface area contributed by atoms with Crippen molar-refractivity contribution in [3.8, 4) is 0 Å². The van der Waals surface area contributed by atoms with Crippen molar-refractivity contribution in [3.05, 3.63) is 36.4 Å². The minimum atomic E-state index is -0.0916. The Labute approximate surface area is 100 Å². The van der Waals surface area contributed by atoms with Crippen molar-refractivity contribution >= 4 is 5.91 Å². The van der Waals surface area contributed by atoms with E-state index in [9.17, 15) is 4.79 Å². The summed E-state index contributed by atoms with van der Waals surface area (Å²) < 4.78 is 5.28. The summed E-state index contributed by atoms with van der Waals surface area (Å²) >= 11 is 0. The summed E-state index contributed by atoms with van der Waals surface area (Å²) in [7, 11) is 0. The Hall–Kier alpha value is -1.75. The first-order chi connectivity index (χ1) is 8.19. The number of morpholine rings is 1. The van der Waals surface area contributed by atoms with E-state index in [1.807, 2.05) is 6.92 Å². The molecule has 1 aliphatic rings. The minimum absolute atomic E-state index is 0.0227. The summed E-state index contributed by atoms with van der Waals surface area (Å²) in [5.41, 5.74) is 1.65. The quantitative estimate of drug-likeness (QED) is 0.721. The lowest BCUT2D eigenvalue weighted by Gasteiger charge is -2.30. The molecule has 0 bridgehead atoms. The van der Waals surface area contributed by atoms with E-state index in [0.29, 0.717) is 13.1 Å². The van der Waals surface area contributed by atoms with Crippen molar-refractivity contribution < 1.29 is 9.53 Å². The summed E-state index contributed by atoms with van der Waals surface area (Å²) in [5, 5.41) is 0. The Balaban J connectivity index is 2.03. The van der Waals surface area contributed by atoms with Crippen LogP contribution >= 0.6 is 0 Å². The number of hydrogen-bond donors (Lipinski definition) is 0. The maximum absolute atomic E-state index is 11.6. The Bertz CT molecular complexity index is 416. The molecule has 0 aliphatic carbocycles. The van der Waals surface area contributed by atoms with Crippen LogP contribution in [0.25, 0.3) is 0 Å². The number of hydrogen-bond acceptors (Lipinski definition) is 4. The highest BCUT2D eigenvalue weighted by Crippen LogP contribution is 2.10. The standard InChI is InChI=1S/C12H15N3O2/c1-3-11-7-15(12(16)8-17-11)6-10-5-13-9(2)4-14-10/h3-5,11H,1,6-8H2,2H3. The number of amides is 1. The molecular formula is C12H15N3O2. The smallest absolute Gasteiger partial charge is 0.249 e. The molecule has 1 aromatic rings. The number of rotatable bonds is 3. The van der Waals surface area contributed by atoms with E-state index >= 15 is 0 Å². The fourth-order valence-corrected chi connectivity index (χ4v) is 1.63. The van der Waals surface area contributed by atoms with E-state index in [2.05, 4.69) is 16.5 Å². The Kier molecular flexibility index (Phi) is 3.49. The molecule has 1 fully saturated rings. The fourth-order valence-electron chi connectivity index (χ4n) is 1.63. The van der Waals surface area contributed by atoms with Gasteiger partial charge in [-0.25, -0.2) is 0 Å². The summed E-state index contributed by atoms with van der Waals surface area (Å²) in [4.78, 5) is 21.8. The van der Waals surface area contributed by atoms with Gasteiger partial charge in [0.2, 0.25) is 5.91 Å². The molecule has 2 heterocycles. The van der Waals surface area contributed by atoms with Crippen molar-refractivity contribution in [1.29, 1.82) is 0 Å². The number of carbonyl (C=O) groups excluding carboxylic acids is 1. The molecule has 0 saturated carbocycles. The Morgan fingerprint density at radius 1 is 1.59 bits per heavy atom. The van der Waals surface area contributed by atoms with Gasteiger partial charge in [-0.2, -0.15) is 0 Å². The van der Waals surface area contributed by atoms with E-state index < -0.39 is 0 Å². The van der Waals surface area contributed by atoms with Gasteiger partial charge >= 0.3 is 0 Å². The van der Waals surface area contributed by atoms with Crippen molar-refractivity contribution in [2.24, 2.45) is 0 Å². The number of aromatic nitrogens is 2. The van der Waals surface area contributed by atoms with Crippen LogP contribution < -0.4 is 0 Å². The van der Waals surface area contributed by atoms with E-state index in [0.717, 1.165) is 11.4 Å². The Morgan fingerprint density at radius 2 is 2.41 bits per heavy atom. The molecule has 0 aromatic carbocycles. The van der Waals surface area contributed by atoms with E-state index in [-0.39, 0.29) is 18.6 Å². The summed E-state index contributed by atoms with van der Waals surface area (Å²) in [5.74, 6) is -0.0227. The first-order valence-electron chi connectivity index (χ1n) is 5.48. The summed E-state index contributed by atoms with van der Waals surface area (Å²) in [6.07, 6.45) is 5.01. The molecular weight excluding hydrogens is 218 g/mol. The first kappa shape index (κ1) is 11.7. The largest absolute Gasteiger partial charge is 0.362 e. The predicted molar refractivity (Wildman–Crippen MR) is 62.1 cm³/mol. The molecule has 0 spiro atoms. The van der Waals surface area contributed by atoms with Gasteiger partial charge in [0.25, 0.3) is 0 Å². The van der Waals surface area contributed by atoms with Gasteiger partial charge in [-0.05, 0) is 6.92 Å². The molecule has 1 unspecified atom stereocenters. The van der Waals surface area contributed by atoms with Gasteiger partial charge in [0, 0.05) is 6.20 Å². The lowest BCUT2D eigenvalue weighted by molar-refractivity contribution is -0.147. The first-order valence-corrected chi connectivity index (χ1v) is 5.48. The third kappa shape index (κ3) is 2.88. The molecule has 5 nitrogen and oxygen atoms in total. The molecule has 90 valence electrons. The molecule has 0 radical (unpaired) electrons. The van der Waals surface area contributed by atoms with E-state index in [1.54, 1.807) is 23.4 Å². The number of ether oxygens (including phenoxy) is 1. The van der Waals surface area contributed by atoms with Crippen LogP contribution in [0.4, 0.5) is 0 Å². The molecule has 1 saturated heterocycles. The van der Waals surface area contributed by atoms with Crippen LogP contribution in [0.1, 0.15) is 11.4 Å². The SMILES string of the molecule is C=CC1CN(Cc2cnc(C)cn2)C(=O)CO1. The Morgan fingerprint density at radius 3 is 3.06 bits per heavy atom. The second-order valence-corrected chi connectivity index (χ2v) is 4.01. The number of nitrogens with zero attached hydrogens (tertiary/aromatic N) is 3. The average molecular weight is 233 g/mol. The molecule has 1 aromatic heterocycles. The lowest BCUT2D eigenvalue weighted by atomic mass is 10.2.